The van der Waals surface area contributed by atoms with Crippen LogP contribution < -0.4 is 5.73 Å². The first-order valence-corrected chi connectivity index (χ1v) is 6.16. The summed E-state index contributed by atoms with van der Waals surface area (Å²) >= 11 is 0. The zero-order chi connectivity index (χ0) is 15.0. The van der Waals surface area contributed by atoms with Crippen molar-refractivity contribution in [1.82, 2.24) is 20.2 Å². The highest BCUT2D eigenvalue weighted by Gasteiger charge is 2.17. The molecule has 0 fully saturated rings. The van der Waals surface area contributed by atoms with Crippen LogP contribution >= 0.6 is 0 Å². The van der Waals surface area contributed by atoms with E-state index in [9.17, 15) is 8.78 Å². The van der Waals surface area contributed by atoms with Crippen molar-refractivity contribution in [2.24, 2.45) is 0 Å². The van der Waals surface area contributed by atoms with Crippen LogP contribution in [0.3, 0.4) is 0 Å². The fraction of sp³-hybridized carbons (Fsp3) is 0.0714. The van der Waals surface area contributed by atoms with E-state index in [0.717, 1.165) is 0 Å². The molecule has 3 aromatic rings. The number of nitrogen functional groups attached to an aromatic ring is 1. The van der Waals surface area contributed by atoms with Crippen LogP contribution in [-0.2, 0) is 0 Å². The van der Waals surface area contributed by atoms with Crippen molar-refractivity contribution in [1.29, 1.82) is 0 Å². The zero-order valence-electron chi connectivity index (χ0n) is 11.1. The predicted molar refractivity (Wildman–Crippen MR) is 73.7 cm³/mol. The van der Waals surface area contributed by atoms with Crippen molar-refractivity contribution in [3.05, 3.63) is 53.6 Å². The van der Waals surface area contributed by atoms with Gasteiger partial charge in [-0.2, -0.15) is 4.68 Å². The molecule has 0 saturated carbocycles. The molecule has 0 unspecified atom stereocenters. The molecule has 0 bridgehead atoms. The highest BCUT2D eigenvalue weighted by molar-refractivity contribution is 5.65. The van der Waals surface area contributed by atoms with Crippen molar-refractivity contribution in [2.45, 2.75) is 6.92 Å². The molecule has 2 aromatic carbocycles. The van der Waals surface area contributed by atoms with E-state index in [2.05, 4.69) is 15.5 Å². The summed E-state index contributed by atoms with van der Waals surface area (Å²) < 4.78 is 28.6. The molecule has 0 saturated heterocycles. The van der Waals surface area contributed by atoms with E-state index < -0.39 is 5.82 Å². The van der Waals surface area contributed by atoms with Crippen LogP contribution in [-0.4, -0.2) is 20.2 Å². The molecule has 0 aliphatic rings. The fourth-order valence-electron chi connectivity index (χ4n) is 2.07. The largest absolute Gasteiger partial charge is 0.399 e. The minimum Gasteiger partial charge on any atom is -0.399 e. The van der Waals surface area contributed by atoms with Gasteiger partial charge >= 0.3 is 0 Å². The average molecular weight is 287 g/mol. The van der Waals surface area contributed by atoms with Crippen molar-refractivity contribution in [3.8, 4) is 17.1 Å². The van der Waals surface area contributed by atoms with Crippen LogP contribution in [0.4, 0.5) is 14.5 Å². The summed E-state index contributed by atoms with van der Waals surface area (Å²) in [6, 6.07) is 8.57. The summed E-state index contributed by atoms with van der Waals surface area (Å²) in [6.07, 6.45) is 0. The molecular weight excluding hydrogens is 276 g/mol. The lowest BCUT2D eigenvalue weighted by Crippen LogP contribution is -2.02. The maximum Gasteiger partial charge on any atom is 0.190 e. The Morgan fingerprint density at radius 1 is 1.10 bits per heavy atom. The molecule has 1 aromatic heterocycles. The quantitative estimate of drug-likeness (QED) is 0.735. The van der Waals surface area contributed by atoms with Gasteiger partial charge in [0.15, 0.2) is 5.82 Å². The molecule has 0 spiro atoms. The zero-order valence-corrected chi connectivity index (χ0v) is 11.1. The van der Waals surface area contributed by atoms with E-state index in [1.165, 1.54) is 41.1 Å². The number of nitrogens with two attached hydrogens (primary N) is 1. The highest BCUT2D eigenvalue weighted by atomic mass is 19.1. The summed E-state index contributed by atoms with van der Waals surface area (Å²) in [5.74, 6) is -0.615. The molecule has 0 radical (unpaired) electrons. The second kappa shape index (κ2) is 4.93. The first kappa shape index (κ1) is 13.2. The second-order valence-corrected chi connectivity index (χ2v) is 4.59. The number of rotatable bonds is 2. The molecule has 21 heavy (non-hydrogen) atoms. The number of nitrogens with zero attached hydrogens (tertiary/aromatic N) is 4. The average Bonchev–Trinajstić information content (AvgIpc) is 2.93. The van der Waals surface area contributed by atoms with Gasteiger partial charge in [0.25, 0.3) is 0 Å². The molecule has 0 atom stereocenters. The minimum atomic E-state index is -0.442. The molecule has 0 aliphatic heterocycles. The van der Waals surface area contributed by atoms with E-state index in [0.29, 0.717) is 16.9 Å². The molecule has 3 rings (SSSR count). The third-order valence-corrected chi connectivity index (χ3v) is 3.06. The number of aromatic nitrogens is 4. The van der Waals surface area contributed by atoms with Gasteiger partial charge < -0.3 is 5.73 Å². The van der Waals surface area contributed by atoms with E-state index in [1.54, 1.807) is 6.92 Å². The van der Waals surface area contributed by atoms with Gasteiger partial charge in [0.1, 0.15) is 11.6 Å². The van der Waals surface area contributed by atoms with Gasteiger partial charge in [-0.05, 0) is 59.3 Å². The molecule has 0 amide bonds. The Bertz CT molecular complexity index is 796. The van der Waals surface area contributed by atoms with Gasteiger partial charge in [-0.15, -0.1) is 5.10 Å². The lowest BCUT2D eigenvalue weighted by atomic mass is 10.1. The van der Waals surface area contributed by atoms with Crippen LogP contribution in [0.2, 0.25) is 0 Å². The first-order valence-electron chi connectivity index (χ1n) is 6.16. The fourth-order valence-corrected chi connectivity index (χ4v) is 2.07. The number of benzene rings is 2. The number of aryl methyl sites for hydroxylation is 1. The monoisotopic (exact) mass is 287 g/mol. The molecule has 2 N–H and O–H groups in total. The summed E-state index contributed by atoms with van der Waals surface area (Å²) in [5.41, 5.74) is 7.28. The summed E-state index contributed by atoms with van der Waals surface area (Å²) in [6.45, 7) is 1.61. The summed E-state index contributed by atoms with van der Waals surface area (Å²) in [7, 11) is 0. The van der Waals surface area contributed by atoms with E-state index in [4.69, 9.17) is 5.73 Å². The molecular formula is C14H11F2N5. The van der Waals surface area contributed by atoms with Crippen molar-refractivity contribution >= 4 is 5.69 Å². The topological polar surface area (TPSA) is 69.6 Å². The van der Waals surface area contributed by atoms with E-state index in [-0.39, 0.29) is 17.2 Å². The lowest BCUT2D eigenvalue weighted by Gasteiger charge is -2.08. The number of hydrogen-bond acceptors (Lipinski definition) is 4. The SMILES string of the molecule is Cc1cc(N)cc(-c2nnnn2-c2ccc(F)cc2)c1F. The van der Waals surface area contributed by atoms with E-state index >= 15 is 0 Å². The summed E-state index contributed by atoms with van der Waals surface area (Å²) in [4.78, 5) is 0. The third kappa shape index (κ3) is 2.33. The number of anilines is 1. The van der Waals surface area contributed by atoms with Gasteiger partial charge in [0.05, 0.1) is 11.3 Å². The number of halogens is 2. The standard InChI is InChI=1S/C14H11F2N5/c1-8-6-10(17)7-12(13(8)16)14-18-19-20-21(14)11-4-2-9(15)3-5-11/h2-7H,17H2,1H3. The Morgan fingerprint density at radius 2 is 1.81 bits per heavy atom. The van der Waals surface area contributed by atoms with Crippen molar-refractivity contribution < 1.29 is 8.78 Å². The lowest BCUT2D eigenvalue weighted by molar-refractivity contribution is 0.619. The van der Waals surface area contributed by atoms with Crippen LogP contribution in [0, 0.1) is 18.6 Å². The Labute approximate surface area is 119 Å². The number of tetrazole rings is 1. The molecule has 1 heterocycles. The van der Waals surface area contributed by atoms with Gasteiger partial charge in [0, 0.05) is 5.69 Å². The van der Waals surface area contributed by atoms with Gasteiger partial charge in [-0.25, -0.2) is 8.78 Å². The smallest absolute Gasteiger partial charge is 0.190 e. The third-order valence-electron chi connectivity index (χ3n) is 3.06. The maximum absolute atomic E-state index is 14.3. The van der Waals surface area contributed by atoms with Gasteiger partial charge in [-0.3, -0.25) is 0 Å². The van der Waals surface area contributed by atoms with Crippen LogP contribution in [0.1, 0.15) is 5.56 Å². The Hall–Kier alpha value is -2.83. The normalized spacial score (nSPS) is 10.8. The highest BCUT2D eigenvalue weighted by Crippen LogP contribution is 2.27. The maximum atomic E-state index is 14.3. The van der Waals surface area contributed by atoms with Gasteiger partial charge in [-0.1, -0.05) is 0 Å². The number of hydrogen-bond donors (Lipinski definition) is 1. The Balaban J connectivity index is 2.18. The second-order valence-electron chi connectivity index (χ2n) is 4.59. The van der Waals surface area contributed by atoms with Crippen LogP contribution in [0.15, 0.2) is 36.4 Å². The van der Waals surface area contributed by atoms with Crippen molar-refractivity contribution in [3.63, 3.8) is 0 Å². The first-order chi connectivity index (χ1) is 10.1. The van der Waals surface area contributed by atoms with Crippen LogP contribution in [0.25, 0.3) is 17.1 Å². The molecule has 0 aliphatic carbocycles. The van der Waals surface area contributed by atoms with Crippen molar-refractivity contribution in [2.75, 3.05) is 5.73 Å². The van der Waals surface area contributed by atoms with Gasteiger partial charge in [0.2, 0.25) is 0 Å². The molecule has 7 heteroatoms. The van der Waals surface area contributed by atoms with Crippen LogP contribution in [0.5, 0.6) is 0 Å². The molecule has 106 valence electrons. The minimum absolute atomic E-state index is 0.196. The predicted octanol–water partition coefficient (Wildman–Crippen LogP) is 2.50. The Kier molecular flexibility index (Phi) is 3.09. The van der Waals surface area contributed by atoms with E-state index in [1.807, 2.05) is 0 Å². The molecule has 5 nitrogen and oxygen atoms in total. The Morgan fingerprint density at radius 3 is 2.52 bits per heavy atom. The summed E-state index contributed by atoms with van der Waals surface area (Å²) in [5, 5.41) is 11.2.